The average Bonchev–Trinajstić information content (AvgIpc) is 2.44. The first kappa shape index (κ1) is 12.6. The summed E-state index contributed by atoms with van der Waals surface area (Å²) in [5.74, 6) is -0.0203. The Morgan fingerprint density at radius 1 is 1.44 bits per heavy atom. The van der Waals surface area contributed by atoms with E-state index in [4.69, 9.17) is 0 Å². The molecular weight excluding hydrogens is 204 g/mol. The Bertz CT molecular complexity index is 425. The van der Waals surface area contributed by atoms with Gasteiger partial charge in [0.25, 0.3) is 0 Å². The Labute approximate surface area is 95.6 Å². The van der Waals surface area contributed by atoms with Crippen molar-refractivity contribution in [2.45, 2.75) is 34.1 Å². The lowest BCUT2D eigenvalue weighted by molar-refractivity contribution is -0.107. The van der Waals surface area contributed by atoms with Gasteiger partial charge in [0.2, 0.25) is 0 Å². The van der Waals surface area contributed by atoms with Crippen LogP contribution in [-0.4, -0.2) is 21.8 Å². The normalized spacial score (nSPS) is 11.6. The molecule has 0 saturated heterocycles. The maximum absolute atomic E-state index is 12.1. The third-order valence-electron chi connectivity index (χ3n) is 2.64. The molecule has 0 radical (unpaired) electrons. The molecule has 0 aliphatic rings. The Morgan fingerprint density at radius 3 is 2.44 bits per heavy atom. The number of carbonyl (C=O) groups is 2. The number of aromatic nitrogens is 2. The number of rotatable bonds is 3. The highest BCUT2D eigenvalue weighted by Gasteiger charge is 2.28. The van der Waals surface area contributed by atoms with Crippen molar-refractivity contribution >= 4 is 12.1 Å². The van der Waals surface area contributed by atoms with Crippen LogP contribution in [0.15, 0.2) is 0 Å². The molecule has 1 aromatic heterocycles. The molecule has 0 unspecified atom stereocenters. The molecule has 0 amide bonds. The summed E-state index contributed by atoms with van der Waals surface area (Å²) in [7, 11) is 1.78. The second-order valence-corrected chi connectivity index (χ2v) is 4.99. The lowest BCUT2D eigenvalue weighted by Gasteiger charge is -2.15. The molecule has 0 saturated carbocycles. The first-order chi connectivity index (χ1) is 7.29. The molecule has 4 heteroatoms. The minimum atomic E-state index is -0.474. The summed E-state index contributed by atoms with van der Waals surface area (Å²) in [4.78, 5) is 22.7. The Morgan fingerprint density at radius 2 is 2.00 bits per heavy atom. The Kier molecular flexibility index (Phi) is 3.31. The minimum Gasteiger partial charge on any atom is -0.303 e. The Hall–Kier alpha value is -1.45. The highest BCUT2D eigenvalue weighted by atomic mass is 16.1. The molecule has 1 rings (SSSR count). The summed E-state index contributed by atoms with van der Waals surface area (Å²) in [6.07, 6.45) is 1.06. The summed E-state index contributed by atoms with van der Waals surface area (Å²) in [5, 5.41) is 4.20. The number of hydrogen-bond acceptors (Lipinski definition) is 3. The van der Waals surface area contributed by atoms with Crippen LogP contribution >= 0.6 is 0 Å². The molecule has 4 nitrogen and oxygen atoms in total. The summed E-state index contributed by atoms with van der Waals surface area (Å²) < 4.78 is 1.65. The van der Waals surface area contributed by atoms with Crippen molar-refractivity contribution in [3.05, 3.63) is 17.0 Å². The van der Waals surface area contributed by atoms with Crippen LogP contribution in [0.3, 0.4) is 0 Å². The van der Waals surface area contributed by atoms with Crippen LogP contribution in [0.25, 0.3) is 0 Å². The van der Waals surface area contributed by atoms with E-state index < -0.39 is 5.41 Å². The first-order valence-electron chi connectivity index (χ1n) is 5.30. The van der Waals surface area contributed by atoms with Gasteiger partial charge in [-0.15, -0.1) is 0 Å². The summed E-state index contributed by atoms with van der Waals surface area (Å²) >= 11 is 0. The van der Waals surface area contributed by atoms with Crippen LogP contribution in [0.2, 0.25) is 0 Å². The highest BCUT2D eigenvalue weighted by molar-refractivity contribution is 6.00. The number of Topliss-reactive ketones (excluding diaryl/α,β-unsaturated/α-hetero) is 1. The van der Waals surface area contributed by atoms with Crippen LogP contribution in [-0.2, 0) is 18.3 Å². The van der Waals surface area contributed by atoms with E-state index in [1.807, 2.05) is 27.7 Å². The average molecular weight is 222 g/mol. The lowest BCUT2D eigenvalue weighted by atomic mass is 9.87. The standard InChI is InChI=1S/C12H18N2O2/c1-8-9(6-7-15)10(13-14(8)5)11(16)12(2,3)4/h7H,6H2,1-5H3. The van der Waals surface area contributed by atoms with Crippen LogP contribution in [0.4, 0.5) is 0 Å². The van der Waals surface area contributed by atoms with Gasteiger partial charge in [0, 0.05) is 30.1 Å². The predicted octanol–water partition coefficient (Wildman–Crippen LogP) is 1.70. The number of aldehydes is 1. The Balaban J connectivity index is 3.28. The van der Waals surface area contributed by atoms with Crippen molar-refractivity contribution in [1.82, 2.24) is 9.78 Å². The second kappa shape index (κ2) is 4.20. The van der Waals surface area contributed by atoms with E-state index in [1.165, 1.54) is 0 Å². The van der Waals surface area contributed by atoms with Crippen molar-refractivity contribution in [3.63, 3.8) is 0 Å². The third kappa shape index (κ3) is 2.21. The second-order valence-electron chi connectivity index (χ2n) is 4.99. The summed E-state index contributed by atoms with van der Waals surface area (Å²) in [5.41, 5.74) is 1.58. The van der Waals surface area contributed by atoms with E-state index >= 15 is 0 Å². The quantitative estimate of drug-likeness (QED) is 0.577. The highest BCUT2D eigenvalue weighted by Crippen LogP contribution is 2.23. The molecule has 0 N–H and O–H groups in total. The molecule has 0 atom stereocenters. The van der Waals surface area contributed by atoms with Gasteiger partial charge in [-0.3, -0.25) is 9.48 Å². The zero-order valence-corrected chi connectivity index (χ0v) is 10.5. The molecule has 0 aliphatic carbocycles. The van der Waals surface area contributed by atoms with Gasteiger partial charge in [0.1, 0.15) is 12.0 Å². The maximum atomic E-state index is 12.1. The first-order valence-corrected chi connectivity index (χ1v) is 5.30. The molecule has 0 aromatic carbocycles. The zero-order valence-electron chi connectivity index (χ0n) is 10.5. The molecule has 1 aromatic rings. The fourth-order valence-corrected chi connectivity index (χ4v) is 1.52. The lowest BCUT2D eigenvalue weighted by Crippen LogP contribution is -2.22. The van der Waals surface area contributed by atoms with Gasteiger partial charge >= 0.3 is 0 Å². The number of nitrogens with zero attached hydrogens (tertiary/aromatic N) is 2. The number of carbonyl (C=O) groups excluding carboxylic acids is 2. The van der Waals surface area contributed by atoms with E-state index in [9.17, 15) is 9.59 Å². The predicted molar refractivity (Wildman–Crippen MR) is 61.5 cm³/mol. The van der Waals surface area contributed by atoms with E-state index in [0.29, 0.717) is 5.69 Å². The fourth-order valence-electron chi connectivity index (χ4n) is 1.52. The topological polar surface area (TPSA) is 52.0 Å². The molecule has 0 bridgehead atoms. The van der Waals surface area contributed by atoms with Gasteiger partial charge in [-0.05, 0) is 6.92 Å². The van der Waals surface area contributed by atoms with Crippen LogP contribution < -0.4 is 0 Å². The van der Waals surface area contributed by atoms with Crippen molar-refractivity contribution in [2.75, 3.05) is 0 Å². The maximum Gasteiger partial charge on any atom is 0.188 e. The molecule has 16 heavy (non-hydrogen) atoms. The monoisotopic (exact) mass is 222 g/mol. The number of aryl methyl sites for hydroxylation is 1. The number of hydrogen-bond donors (Lipinski definition) is 0. The third-order valence-corrected chi connectivity index (χ3v) is 2.64. The largest absolute Gasteiger partial charge is 0.303 e. The minimum absolute atomic E-state index is 0.0203. The van der Waals surface area contributed by atoms with Crippen LogP contribution in [0.1, 0.15) is 42.5 Å². The van der Waals surface area contributed by atoms with Gasteiger partial charge in [0.05, 0.1) is 0 Å². The molecule has 88 valence electrons. The molecule has 0 aliphatic heterocycles. The van der Waals surface area contributed by atoms with Crippen LogP contribution in [0.5, 0.6) is 0 Å². The van der Waals surface area contributed by atoms with Gasteiger partial charge in [0.15, 0.2) is 5.78 Å². The molecular formula is C12H18N2O2. The van der Waals surface area contributed by atoms with E-state index in [-0.39, 0.29) is 12.2 Å². The van der Waals surface area contributed by atoms with Crippen molar-refractivity contribution in [1.29, 1.82) is 0 Å². The van der Waals surface area contributed by atoms with Crippen LogP contribution in [0, 0.1) is 12.3 Å². The molecule has 1 heterocycles. The van der Waals surface area contributed by atoms with Crippen molar-refractivity contribution < 1.29 is 9.59 Å². The van der Waals surface area contributed by atoms with E-state index in [0.717, 1.165) is 17.5 Å². The number of ketones is 1. The zero-order chi connectivity index (χ0) is 12.5. The summed E-state index contributed by atoms with van der Waals surface area (Å²) in [6.45, 7) is 7.42. The molecule has 0 spiro atoms. The smallest absolute Gasteiger partial charge is 0.188 e. The van der Waals surface area contributed by atoms with Gasteiger partial charge in [-0.1, -0.05) is 20.8 Å². The fraction of sp³-hybridized carbons (Fsp3) is 0.583. The van der Waals surface area contributed by atoms with Crippen molar-refractivity contribution in [3.8, 4) is 0 Å². The van der Waals surface area contributed by atoms with Gasteiger partial charge in [-0.2, -0.15) is 5.10 Å². The van der Waals surface area contributed by atoms with E-state index in [2.05, 4.69) is 5.10 Å². The summed E-state index contributed by atoms with van der Waals surface area (Å²) in [6, 6.07) is 0. The van der Waals surface area contributed by atoms with Gasteiger partial charge in [-0.25, -0.2) is 0 Å². The van der Waals surface area contributed by atoms with Gasteiger partial charge < -0.3 is 4.79 Å². The van der Waals surface area contributed by atoms with Crippen molar-refractivity contribution in [2.24, 2.45) is 12.5 Å². The van der Waals surface area contributed by atoms with E-state index in [1.54, 1.807) is 11.7 Å². The SMILES string of the molecule is Cc1c(CC=O)c(C(=O)C(C)(C)C)nn1C. The molecule has 0 fully saturated rings.